The van der Waals surface area contributed by atoms with Crippen molar-refractivity contribution in [2.45, 2.75) is 38.0 Å². The van der Waals surface area contributed by atoms with Gasteiger partial charge in [0.25, 0.3) is 0 Å². The first-order valence-electron chi connectivity index (χ1n) is 11.3. The van der Waals surface area contributed by atoms with Crippen LogP contribution < -0.4 is 10.1 Å². The Kier molecular flexibility index (Phi) is 7.05. The van der Waals surface area contributed by atoms with Gasteiger partial charge in [-0.25, -0.2) is 0 Å². The van der Waals surface area contributed by atoms with Crippen molar-refractivity contribution in [3.05, 3.63) is 65.7 Å². The number of β-amino-alcohol motifs (C(OH)–C–C–N with tert-alkyl or cyclic N) is 1. The van der Waals surface area contributed by atoms with Crippen molar-refractivity contribution in [2.24, 2.45) is 0 Å². The van der Waals surface area contributed by atoms with E-state index in [1.54, 1.807) is 0 Å². The third-order valence-electron chi connectivity index (χ3n) is 6.43. The summed E-state index contributed by atoms with van der Waals surface area (Å²) in [7, 11) is 0. The fraction of sp³-hybridized carbons (Fsp3) is 0.520. The average Bonchev–Trinajstić information content (AvgIpc) is 3.59. The Morgan fingerprint density at radius 3 is 2.43 bits per heavy atom. The van der Waals surface area contributed by atoms with Crippen LogP contribution in [0.1, 0.15) is 30.9 Å². The minimum atomic E-state index is -0.465. The van der Waals surface area contributed by atoms with E-state index in [-0.39, 0.29) is 5.54 Å². The molecule has 30 heavy (non-hydrogen) atoms. The highest BCUT2D eigenvalue weighted by atomic mass is 16.5. The molecule has 2 aromatic rings. The number of piperazine rings is 1. The number of aliphatic hydroxyl groups is 1. The third-order valence-corrected chi connectivity index (χ3v) is 6.43. The molecule has 4 rings (SSSR count). The van der Waals surface area contributed by atoms with Crippen LogP contribution in [0.4, 0.5) is 0 Å². The Labute approximate surface area is 180 Å². The van der Waals surface area contributed by atoms with Crippen molar-refractivity contribution in [2.75, 3.05) is 45.9 Å². The van der Waals surface area contributed by atoms with Gasteiger partial charge >= 0.3 is 0 Å². The number of likely N-dealkylation sites (N-methyl/N-ethyl adjacent to an activating group) is 1. The van der Waals surface area contributed by atoms with Gasteiger partial charge < -0.3 is 20.1 Å². The third kappa shape index (κ3) is 5.61. The Bertz CT molecular complexity index is 786. The molecular formula is C25H35N3O2. The molecule has 2 aliphatic rings. The van der Waals surface area contributed by atoms with Crippen molar-refractivity contribution < 1.29 is 9.84 Å². The molecule has 1 unspecified atom stereocenters. The molecule has 0 radical (unpaired) electrons. The van der Waals surface area contributed by atoms with E-state index in [0.29, 0.717) is 13.2 Å². The Balaban J connectivity index is 1.23. The summed E-state index contributed by atoms with van der Waals surface area (Å²) >= 11 is 0. The Morgan fingerprint density at radius 2 is 1.73 bits per heavy atom. The monoisotopic (exact) mass is 409 g/mol. The fourth-order valence-corrected chi connectivity index (χ4v) is 4.30. The van der Waals surface area contributed by atoms with Crippen LogP contribution >= 0.6 is 0 Å². The molecule has 2 fully saturated rings. The molecule has 5 heteroatoms. The van der Waals surface area contributed by atoms with Crippen LogP contribution in [0, 0.1) is 0 Å². The summed E-state index contributed by atoms with van der Waals surface area (Å²) in [5.74, 6) is 0.828. The first kappa shape index (κ1) is 21.3. The van der Waals surface area contributed by atoms with Crippen LogP contribution in [0.2, 0.25) is 0 Å². The SMILES string of the molecule is CCN1CCN(CC(O)COc2cccc(CNC3(c4ccccc4)CC3)c2)CC1. The largest absolute Gasteiger partial charge is 0.491 e. The minimum Gasteiger partial charge on any atom is -0.491 e. The maximum absolute atomic E-state index is 10.4. The number of hydrogen-bond acceptors (Lipinski definition) is 5. The first-order chi connectivity index (χ1) is 14.7. The van der Waals surface area contributed by atoms with Crippen LogP contribution in [-0.4, -0.2) is 66.9 Å². The molecule has 0 aromatic heterocycles. The van der Waals surface area contributed by atoms with E-state index in [1.165, 1.54) is 24.0 Å². The average molecular weight is 410 g/mol. The summed E-state index contributed by atoms with van der Waals surface area (Å²) in [5, 5.41) is 14.1. The molecule has 1 saturated heterocycles. The molecule has 0 amide bonds. The quantitative estimate of drug-likeness (QED) is 0.632. The van der Waals surface area contributed by atoms with Gasteiger partial charge in [0.1, 0.15) is 18.5 Å². The number of aliphatic hydroxyl groups excluding tert-OH is 1. The molecule has 0 bridgehead atoms. The number of hydrogen-bond donors (Lipinski definition) is 2. The summed E-state index contributed by atoms with van der Waals surface area (Å²) in [4.78, 5) is 4.78. The lowest BCUT2D eigenvalue weighted by Gasteiger charge is -2.34. The van der Waals surface area contributed by atoms with Gasteiger partial charge in [-0.15, -0.1) is 0 Å². The maximum atomic E-state index is 10.4. The number of benzene rings is 2. The summed E-state index contributed by atoms with van der Waals surface area (Å²) in [6.07, 6.45) is 1.91. The second-order valence-electron chi connectivity index (χ2n) is 8.65. The summed E-state index contributed by atoms with van der Waals surface area (Å²) in [6, 6.07) is 18.9. The zero-order chi connectivity index (χ0) is 20.8. The van der Waals surface area contributed by atoms with Gasteiger partial charge in [-0.3, -0.25) is 4.90 Å². The highest BCUT2D eigenvalue weighted by Crippen LogP contribution is 2.45. The van der Waals surface area contributed by atoms with Crippen LogP contribution in [0.15, 0.2) is 54.6 Å². The summed E-state index contributed by atoms with van der Waals surface area (Å²) in [5.41, 5.74) is 2.72. The Morgan fingerprint density at radius 1 is 1.00 bits per heavy atom. The van der Waals surface area contributed by atoms with Crippen molar-refractivity contribution in [3.63, 3.8) is 0 Å². The lowest BCUT2D eigenvalue weighted by molar-refractivity contribution is 0.0471. The predicted molar refractivity (Wildman–Crippen MR) is 121 cm³/mol. The second kappa shape index (κ2) is 9.92. The fourth-order valence-electron chi connectivity index (χ4n) is 4.30. The van der Waals surface area contributed by atoms with E-state index in [1.807, 2.05) is 12.1 Å². The van der Waals surface area contributed by atoms with E-state index in [9.17, 15) is 5.11 Å². The zero-order valence-corrected chi connectivity index (χ0v) is 18.1. The molecular weight excluding hydrogens is 374 g/mol. The van der Waals surface area contributed by atoms with Crippen LogP contribution in [0.5, 0.6) is 5.75 Å². The van der Waals surface area contributed by atoms with Gasteiger partial charge in [0, 0.05) is 44.8 Å². The van der Waals surface area contributed by atoms with E-state index in [4.69, 9.17) is 4.74 Å². The van der Waals surface area contributed by atoms with Crippen LogP contribution in [0.25, 0.3) is 0 Å². The van der Waals surface area contributed by atoms with Gasteiger partial charge in [-0.2, -0.15) is 0 Å². The van der Waals surface area contributed by atoms with Crippen molar-refractivity contribution >= 4 is 0 Å². The lowest BCUT2D eigenvalue weighted by atomic mass is 10.0. The minimum absolute atomic E-state index is 0.135. The molecule has 1 heterocycles. The van der Waals surface area contributed by atoms with Crippen molar-refractivity contribution in [3.8, 4) is 5.75 Å². The van der Waals surface area contributed by atoms with Gasteiger partial charge in [-0.05, 0) is 42.6 Å². The standard InChI is InChI=1S/C25H35N3O2/c1-2-27-13-15-28(16-14-27)19-23(29)20-30-24-10-6-7-21(17-24)18-26-25(11-12-25)22-8-4-3-5-9-22/h3-10,17,23,26,29H,2,11-16,18-20H2,1H3. The maximum Gasteiger partial charge on any atom is 0.119 e. The highest BCUT2D eigenvalue weighted by Gasteiger charge is 2.43. The number of rotatable bonds is 10. The predicted octanol–water partition coefficient (Wildman–Crippen LogP) is 2.84. The van der Waals surface area contributed by atoms with Crippen LogP contribution in [-0.2, 0) is 12.1 Å². The molecule has 162 valence electrons. The summed E-state index contributed by atoms with van der Waals surface area (Å²) < 4.78 is 5.91. The molecule has 1 aliphatic carbocycles. The smallest absolute Gasteiger partial charge is 0.119 e. The van der Waals surface area contributed by atoms with E-state index in [0.717, 1.165) is 45.0 Å². The summed E-state index contributed by atoms with van der Waals surface area (Å²) in [6.45, 7) is 9.36. The topological polar surface area (TPSA) is 48.0 Å². The van der Waals surface area contributed by atoms with Gasteiger partial charge in [0.15, 0.2) is 0 Å². The number of ether oxygens (including phenoxy) is 1. The molecule has 2 aromatic carbocycles. The molecule has 2 N–H and O–H groups in total. The van der Waals surface area contributed by atoms with Crippen LogP contribution in [0.3, 0.4) is 0 Å². The zero-order valence-electron chi connectivity index (χ0n) is 18.1. The molecule has 1 atom stereocenters. The molecule has 1 aliphatic heterocycles. The molecule has 5 nitrogen and oxygen atoms in total. The van der Waals surface area contributed by atoms with Crippen molar-refractivity contribution in [1.29, 1.82) is 0 Å². The highest BCUT2D eigenvalue weighted by molar-refractivity contribution is 5.32. The van der Waals surface area contributed by atoms with Crippen molar-refractivity contribution in [1.82, 2.24) is 15.1 Å². The lowest BCUT2D eigenvalue weighted by Crippen LogP contribution is -2.49. The first-order valence-corrected chi connectivity index (χ1v) is 11.3. The van der Waals surface area contributed by atoms with Gasteiger partial charge in [0.2, 0.25) is 0 Å². The molecule has 1 saturated carbocycles. The number of nitrogens with one attached hydrogen (secondary N) is 1. The number of nitrogens with zero attached hydrogens (tertiary/aromatic N) is 2. The van der Waals surface area contributed by atoms with E-state index >= 15 is 0 Å². The Hall–Kier alpha value is -1.92. The normalized spacial score (nSPS) is 20.1. The van der Waals surface area contributed by atoms with E-state index < -0.39 is 6.10 Å². The van der Waals surface area contributed by atoms with Gasteiger partial charge in [0.05, 0.1) is 0 Å². The van der Waals surface area contributed by atoms with Gasteiger partial charge in [-0.1, -0.05) is 49.4 Å². The molecule has 0 spiro atoms. The van der Waals surface area contributed by atoms with E-state index in [2.05, 4.69) is 64.5 Å². The second-order valence-corrected chi connectivity index (χ2v) is 8.65.